The molecule has 2 heterocycles. The Hall–Kier alpha value is -2.98. The molecule has 0 fully saturated rings. The van der Waals surface area contributed by atoms with Gasteiger partial charge >= 0.3 is 0 Å². The van der Waals surface area contributed by atoms with Crippen molar-refractivity contribution >= 4 is 21.8 Å². The zero-order valence-electron chi connectivity index (χ0n) is 14.5. The highest BCUT2D eigenvalue weighted by Gasteiger charge is 2.21. The average Bonchev–Trinajstić information content (AvgIpc) is 2.69. The molecule has 2 aromatic carbocycles. The molecule has 1 aliphatic carbocycles. The Balaban J connectivity index is 1.82. The fraction of sp³-hybridized carbons (Fsp3) is 0.182. The van der Waals surface area contributed by atoms with Crippen molar-refractivity contribution in [2.24, 2.45) is 0 Å². The lowest BCUT2D eigenvalue weighted by atomic mass is 9.90. The van der Waals surface area contributed by atoms with Crippen LogP contribution in [0.15, 0.2) is 48.5 Å². The van der Waals surface area contributed by atoms with Gasteiger partial charge in [-0.05, 0) is 42.2 Å². The fourth-order valence-electron chi connectivity index (χ4n) is 3.87. The second kappa shape index (κ2) is 5.78. The van der Waals surface area contributed by atoms with Crippen LogP contribution in [0.1, 0.15) is 16.7 Å². The number of hydrogen-bond acceptors (Lipinski definition) is 4. The number of methoxy groups -OCH3 is 1. The number of aryl methyl sites for hydroxylation is 2. The summed E-state index contributed by atoms with van der Waals surface area (Å²) in [7, 11) is 1.67. The number of rotatable bonds is 2. The minimum absolute atomic E-state index is 0.0189. The molecule has 4 nitrogen and oxygen atoms in total. The number of pyridine rings is 2. The molecule has 1 aliphatic rings. The second-order valence-corrected chi connectivity index (χ2v) is 6.67. The molecule has 0 atom stereocenters. The zero-order valence-corrected chi connectivity index (χ0v) is 14.5. The van der Waals surface area contributed by atoms with E-state index in [9.17, 15) is 5.11 Å². The molecule has 0 spiro atoms. The SMILES string of the molecule is COc1cccc2cc3c(nc12)-c1nc2c(CO)cccc2cc1CC3. The molecule has 0 saturated carbocycles. The standard InChI is InChI=1S/C22H18N2O2/c1-26-18-7-3-5-14-11-16-9-8-15-10-13-4-2-6-17(12-25)19(13)23-21(15)22(16)24-20(14)18/h2-7,10-11,25H,8-9,12H2,1H3. The molecule has 26 heavy (non-hydrogen) atoms. The Morgan fingerprint density at radius 2 is 1.50 bits per heavy atom. The summed E-state index contributed by atoms with van der Waals surface area (Å²) >= 11 is 0. The zero-order chi connectivity index (χ0) is 17.7. The van der Waals surface area contributed by atoms with Gasteiger partial charge in [0, 0.05) is 16.3 Å². The first-order valence-corrected chi connectivity index (χ1v) is 8.78. The van der Waals surface area contributed by atoms with E-state index >= 15 is 0 Å². The van der Waals surface area contributed by atoms with Gasteiger partial charge < -0.3 is 9.84 Å². The summed E-state index contributed by atoms with van der Waals surface area (Å²) < 4.78 is 5.50. The van der Waals surface area contributed by atoms with Crippen molar-refractivity contribution in [2.75, 3.05) is 7.11 Å². The fourth-order valence-corrected chi connectivity index (χ4v) is 3.87. The number of para-hydroxylation sites is 2. The molecule has 0 aliphatic heterocycles. The van der Waals surface area contributed by atoms with Crippen molar-refractivity contribution in [1.82, 2.24) is 9.97 Å². The summed E-state index contributed by atoms with van der Waals surface area (Å²) in [5, 5.41) is 11.8. The van der Waals surface area contributed by atoms with Gasteiger partial charge in [0.1, 0.15) is 11.3 Å². The lowest BCUT2D eigenvalue weighted by molar-refractivity contribution is 0.283. The minimum atomic E-state index is -0.0189. The van der Waals surface area contributed by atoms with Gasteiger partial charge in [0.25, 0.3) is 0 Å². The van der Waals surface area contributed by atoms with Crippen molar-refractivity contribution in [1.29, 1.82) is 0 Å². The predicted octanol–water partition coefficient (Wildman–Crippen LogP) is 4.05. The first kappa shape index (κ1) is 15.3. The summed E-state index contributed by atoms with van der Waals surface area (Å²) in [6, 6.07) is 16.3. The number of benzene rings is 2. The topological polar surface area (TPSA) is 55.2 Å². The Bertz CT molecular complexity index is 1070. The summed E-state index contributed by atoms with van der Waals surface area (Å²) in [6.45, 7) is -0.0189. The maximum atomic E-state index is 9.67. The normalized spacial score (nSPS) is 12.8. The van der Waals surface area contributed by atoms with E-state index in [1.54, 1.807) is 7.11 Å². The van der Waals surface area contributed by atoms with Crippen molar-refractivity contribution in [2.45, 2.75) is 19.4 Å². The molecule has 0 radical (unpaired) electrons. The third kappa shape index (κ3) is 2.19. The van der Waals surface area contributed by atoms with E-state index in [1.165, 1.54) is 11.1 Å². The van der Waals surface area contributed by atoms with Crippen LogP contribution in [0.2, 0.25) is 0 Å². The molecule has 4 heteroatoms. The van der Waals surface area contributed by atoms with Crippen molar-refractivity contribution in [3.8, 4) is 17.1 Å². The van der Waals surface area contributed by atoms with E-state index in [1.807, 2.05) is 30.3 Å². The Morgan fingerprint density at radius 1 is 0.885 bits per heavy atom. The number of aliphatic hydroxyl groups excluding tert-OH is 1. The largest absolute Gasteiger partial charge is 0.494 e. The van der Waals surface area contributed by atoms with Crippen LogP contribution in [0.5, 0.6) is 5.75 Å². The van der Waals surface area contributed by atoms with E-state index in [2.05, 4.69) is 18.2 Å². The third-order valence-corrected chi connectivity index (χ3v) is 5.17. The number of aliphatic hydroxyl groups is 1. The van der Waals surface area contributed by atoms with Crippen LogP contribution < -0.4 is 4.74 Å². The van der Waals surface area contributed by atoms with E-state index in [0.717, 1.165) is 57.3 Å². The highest BCUT2D eigenvalue weighted by Crippen LogP contribution is 2.36. The number of hydrogen-bond donors (Lipinski definition) is 1. The molecular formula is C22H18N2O2. The van der Waals surface area contributed by atoms with E-state index < -0.39 is 0 Å². The van der Waals surface area contributed by atoms with Gasteiger partial charge in [0.15, 0.2) is 0 Å². The maximum Gasteiger partial charge on any atom is 0.145 e. The summed E-state index contributed by atoms with van der Waals surface area (Å²) in [5.41, 5.74) is 6.83. The highest BCUT2D eigenvalue weighted by atomic mass is 16.5. The lowest BCUT2D eigenvalue weighted by Gasteiger charge is -2.20. The Morgan fingerprint density at radius 3 is 2.15 bits per heavy atom. The van der Waals surface area contributed by atoms with Crippen LogP contribution in [0.4, 0.5) is 0 Å². The van der Waals surface area contributed by atoms with Crippen LogP contribution in [0.25, 0.3) is 33.2 Å². The first-order valence-electron chi connectivity index (χ1n) is 8.78. The van der Waals surface area contributed by atoms with Gasteiger partial charge in [-0.25, -0.2) is 9.97 Å². The van der Waals surface area contributed by atoms with Gasteiger partial charge in [0.05, 0.1) is 30.6 Å². The molecule has 0 saturated heterocycles. The smallest absolute Gasteiger partial charge is 0.145 e. The Labute approximate surface area is 151 Å². The van der Waals surface area contributed by atoms with Gasteiger partial charge in [-0.2, -0.15) is 0 Å². The van der Waals surface area contributed by atoms with Gasteiger partial charge in [-0.1, -0.05) is 30.3 Å². The number of aromatic nitrogens is 2. The van der Waals surface area contributed by atoms with Crippen LogP contribution in [-0.2, 0) is 19.4 Å². The number of nitrogens with zero attached hydrogens (tertiary/aromatic N) is 2. The second-order valence-electron chi connectivity index (χ2n) is 6.67. The number of fused-ring (bicyclic) bond motifs is 5. The molecule has 1 N–H and O–H groups in total. The predicted molar refractivity (Wildman–Crippen MR) is 102 cm³/mol. The minimum Gasteiger partial charge on any atom is -0.494 e. The van der Waals surface area contributed by atoms with Crippen molar-refractivity contribution in [3.63, 3.8) is 0 Å². The molecule has 0 bridgehead atoms. The maximum absolute atomic E-state index is 9.67. The van der Waals surface area contributed by atoms with Crippen molar-refractivity contribution in [3.05, 3.63) is 65.2 Å². The van der Waals surface area contributed by atoms with E-state index in [4.69, 9.17) is 14.7 Å². The van der Waals surface area contributed by atoms with Crippen LogP contribution in [-0.4, -0.2) is 22.2 Å². The molecule has 5 rings (SSSR count). The molecule has 128 valence electrons. The summed E-state index contributed by atoms with van der Waals surface area (Å²) in [5.74, 6) is 0.772. The molecular weight excluding hydrogens is 324 g/mol. The Kier molecular flexibility index (Phi) is 3.40. The van der Waals surface area contributed by atoms with E-state index in [-0.39, 0.29) is 6.61 Å². The van der Waals surface area contributed by atoms with Crippen molar-refractivity contribution < 1.29 is 9.84 Å². The van der Waals surface area contributed by atoms with Crippen LogP contribution in [0, 0.1) is 0 Å². The molecule has 0 amide bonds. The molecule has 0 unspecified atom stereocenters. The first-order chi connectivity index (χ1) is 12.8. The lowest BCUT2D eigenvalue weighted by Crippen LogP contribution is -2.09. The van der Waals surface area contributed by atoms with Crippen LogP contribution in [0.3, 0.4) is 0 Å². The summed E-state index contributed by atoms with van der Waals surface area (Å²) in [6.07, 6.45) is 1.90. The quantitative estimate of drug-likeness (QED) is 0.597. The molecule has 4 aromatic rings. The number of ether oxygens (including phenoxy) is 1. The van der Waals surface area contributed by atoms with Gasteiger partial charge in [0.2, 0.25) is 0 Å². The van der Waals surface area contributed by atoms with E-state index in [0.29, 0.717) is 0 Å². The van der Waals surface area contributed by atoms with Gasteiger partial charge in [-0.3, -0.25) is 0 Å². The average molecular weight is 342 g/mol. The third-order valence-electron chi connectivity index (χ3n) is 5.17. The molecule has 2 aromatic heterocycles. The van der Waals surface area contributed by atoms with Crippen LogP contribution >= 0.6 is 0 Å². The highest BCUT2D eigenvalue weighted by molar-refractivity contribution is 5.91. The summed E-state index contributed by atoms with van der Waals surface area (Å²) in [4.78, 5) is 9.87. The monoisotopic (exact) mass is 342 g/mol. The van der Waals surface area contributed by atoms with Gasteiger partial charge in [-0.15, -0.1) is 0 Å².